The Labute approximate surface area is 60.8 Å². The molecule has 0 aliphatic heterocycles. The van der Waals surface area contributed by atoms with E-state index >= 15 is 0 Å². The third-order valence-corrected chi connectivity index (χ3v) is 1.36. The first-order chi connectivity index (χ1) is 4.22. The molecule has 0 spiro atoms. The zero-order valence-electron chi connectivity index (χ0n) is 5.85. The second-order valence-electron chi connectivity index (χ2n) is 1.83. The van der Waals surface area contributed by atoms with Crippen LogP contribution in [0.5, 0.6) is 0 Å². The molecule has 54 valence electrons. The fourth-order valence-corrected chi connectivity index (χ4v) is 0.844. The number of nitrogens with zero attached hydrogens (tertiary/aromatic N) is 1. The van der Waals surface area contributed by atoms with E-state index in [9.17, 15) is 4.79 Å². The summed E-state index contributed by atoms with van der Waals surface area (Å²) in [4.78, 5) is 12.1. The first kappa shape index (κ1) is 8.76. The van der Waals surface area contributed by atoms with Crippen LogP contribution in [0.15, 0.2) is 0 Å². The normalized spacial score (nSPS) is 9.22. The van der Waals surface area contributed by atoms with Crippen LogP contribution in [0.25, 0.3) is 0 Å². The highest BCUT2D eigenvalue weighted by Crippen LogP contribution is 1.96. The lowest BCUT2D eigenvalue weighted by molar-refractivity contribution is 0.224. The van der Waals surface area contributed by atoms with E-state index in [-0.39, 0.29) is 5.37 Å². The number of rotatable bonds is 3. The quantitative estimate of drug-likeness (QED) is 0.445. The Morgan fingerprint density at radius 3 is 2.22 bits per heavy atom. The highest BCUT2D eigenvalue weighted by atomic mass is 35.5. The number of hydrogen-bond donors (Lipinski definition) is 0. The van der Waals surface area contributed by atoms with Gasteiger partial charge in [-0.2, -0.15) is 0 Å². The monoisotopic (exact) mass is 149 g/mol. The van der Waals surface area contributed by atoms with Gasteiger partial charge in [0.15, 0.2) is 0 Å². The second-order valence-corrected chi connectivity index (χ2v) is 2.16. The summed E-state index contributed by atoms with van der Waals surface area (Å²) in [5, 5.41) is -0.348. The molecule has 0 atom stereocenters. The van der Waals surface area contributed by atoms with Crippen molar-refractivity contribution >= 4 is 17.0 Å². The molecule has 0 N–H and O–H groups in total. The minimum atomic E-state index is -0.348. The van der Waals surface area contributed by atoms with Crippen molar-refractivity contribution in [1.82, 2.24) is 4.90 Å². The Hall–Kier alpha value is -0.240. The van der Waals surface area contributed by atoms with Gasteiger partial charge in [0.1, 0.15) is 0 Å². The van der Waals surface area contributed by atoms with E-state index in [0.717, 1.165) is 13.0 Å². The summed E-state index contributed by atoms with van der Waals surface area (Å²) >= 11 is 5.21. The topological polar surface area (TPSA) is 20.3 Å². The average molecular weight is 150 g/mol. The highest BCUT2D eigenvalue weighted by molar-refractivity contribution is 6.62. The minimum Gasteiger partial charge on any atom is -0.330 e. The maximum Gasteiger partial charge on any atom is 0.316 e. The van der Waals surface area contributed by atoms with Gasteiger partial charge in [-0.25, -0.2) is 0 Å². The SMILES string of the molecule is CCCN(CC)C(=O)Cl. The molecule has 9 heavy (non-hydrogen) atoms. The molecule has 2 nitrogen and oxygen atoms in total. The Balaban J connectivity index is 3.54. The zero-order chi connectivity index (χ0) is 7.28. The van der Waals surface area contributed by atoms with Gasteiger partial charge in [-0.15, -0.1) is 0 Å². The molecule has 1 amide bonds. The van der Waals surface area contributed by atoms with Gasteiger partial charge in [0.25, 0.3) is 0 Å². The van der Waals surface area contributed by atoms with Crippen LogP contribution in [0.2, 0.25) is 0 Å². The first-order valence-corrected chi connectivity index (χ1v) is 3.54. The average Bonchev–Trinajstić information content (AvgIpc) is 1.82. The first-order valence-electron chi connectivity index (χ1n) is 3.16. The van der Waals surface area contributed by atoms with Crippen molar-refractivity contribution in [3.8, 4) is 0 Å². The van der Waals surface area contributed by atoms with Crippen molar-refractivity contribution in [3.63, 3.8) is 0 Å². The summed E-state index contributed by atoms with van der Waals surface area (Å²) in [5.74, 6) is 0. The molecule has 0 aromatic rings. The second kappa shape index (κ2) is 4.62. The lowest BCUT2D eigenvalue weighted by atomic mass is 10.4. The van der Waals surface area contributed by atoms with Gasteiger partial charge in [0, 0.05) is 13.1 Å². The molecule has 0 rings (SSSR count). The van der Waals surface area contributed by atoms with Gasteiger partial charge in [0.2, 0.25) is 0 Å². The number of halogens is 1. The molecule has 3 heteroatoms. The lowest BCUT2D eigenvalue weighted by Gasteiger charge is -2.14. The zero-order valence-corrected chi connectivity index (χ0v) is 6.61. The molecular weight excluding hydrogens is 138 g/mol. The predicted octanol–water partition coefficient (Wildman–Crippen LogP) is 2.08. The van der Waals surface area contributed by atoms with Crippen molar-refractivity contribution in [1.29, 1.82) is 0 Å². The molecule has 0 bridgehead atoms. The van der Waals surface area contributed by atoms with E-state index < -0.39 is 0 Å². The fourth-order valence-electron chi connectivity index (χ4n) is 0.640. The summed E-state index contributed by atoms with van der Waals surface area (Å²) < 4.78 is 0. The molecule has 0 aromatic carbocycles. The van der Waals surface area contributed by atoms with Gasteiger partial charge in [0.05, 0.1) is 0 Å². The van der Waals surface area contributed by atoms with E-state index in [1.165, 1.54) is 0 Å². The summed E-state index contributed by atoms with van der Waals surface area (Å²) in [7, 11) is 0. The molecule has 0 aromatic heterocycles. The van der Waals surface area contributed by atoms with Crippen LogP contribution in [0.1, 0.15) is 20.3 Å². The molecule has 0 radical (unpaired) electrons. The van der Waals surface area contributed by atoms with Gasteiger partial charge < -0.3 is 4.90 Å². The van der Waals surface area contributed by atoms with Crippen LogP contribution < -0.4 is 0 Å². The van der Waals surface area contributed by atoms with Gasteiger partial charge >= 0.3 is 5.37 Å². The Morgan fingerprint density at radius 1 is 1.56 bits per heavy atom. The van der Waals surface area contributed by atoms with Crippen LogP contribution in [0.4, 0.5) is 4.79 Å². The van der Waals surface area contributed by atoms with Crippen LogP contribution in [-0.4, -0.2) is 23.4 Å². The molecule has 0 aliphatic rings. The van der Waals surface area contributed by atoms with Crippen molar-refractivity contribution in [2.45, 2.75) is 20.3 Å². The predicted molar refractivity (Wildman–Crippen MR) is 38.8 cm³/mol. The molecule has 0 fully saturated rings. The van der Waals surface area contributed by atoms with Crippen LogP contribution in [-0.2, 0) is 0 Å². The maximum atomic E-state index is 10.5. The molecule has 0 unspecified atom stereocenters. The van der Waals surface area contributed by atoms with E-state index in [0.29, 0.717) is 6.54 Å². The Kier molecular flexibility index (Phi) is 4.50. The van der Waals surface area contributed by atoms with Crippen molar-refractivity contribution in [2.75, 3.05) is 13.1 Å². The van der Waals surface area contributed by atoms with E-state index in [2.05, 4.69) is 0 Å². The minimum absolute atomic E-state index is 0.348. The standard InChI is InChI=1S/C6H12ClNO/c1-3-5-8(4-2)6(7)9/h3-5H2,1-2H3. The van der Waals surface area contributed by atoms with Crippen molar-refractivity contribution in [2.24, 2.45) is 0 Å². The smallest absolute Gasteiger partial charge is 0.316 e. The highest BCUT2D eigenvalue weighted by Gasteiger charge is 2.04. The van der Waals surface area contributed by atoms with E-state index in [1.54, 1.807) is 4.90 Å². The summed E-state index contributed by atoms with van der Waals surface area (Å²) in [5.41, 5.74) is 0. The van der Waals surface area contributed by atoms with Gasteiger partial charge in [-0.1, -0.05) is 6.92 Å². The number of carbonyl (C=O) groups is 1. The van der Waals surface area contributed by atoms with Crippen molar-refractivity contribution < 1.29 is 4.79 Å². The number of carbonyl (C=O) groups excluding carboxylic acids is 1. The van der Waals surface area contributed by atoms with Crippen LogP contribution >= 0.6 is 11.6 Å². The summed E-state index contributed by atoms with van der Waals surface area (Å²) in [6.45, 7) is 5.40. The van der Waals surface area contributed by atoms with E-state index in [4.69, 9.17) is 11.6 Å². The third kappa shape index (κ3) is 3.36. The fraction of sp³-hybridized carbons (Fsp3) is 0.833. The van der Waals surface area contributed by atoms with Crippen LogP contribution in [0, 0.1) is 0 Å². The van der Waals surface area contributed by atoms with E-state index in [1.807, 2.05) is 13.8 Å². The van der Waals surface area contributed by atoms with Crippen LogP contribution in [0.3, 0.4) is 0 Å². The largest absolute Gasteiger partial charge is 0.330 e. The molecule has 0 saturated heterocycles. The Morgan fingerprint density at radius 2 is 2.11 bits per heavy atom. The molecule has 0 saturated carbocycles. The summed E-state index contributed by atoms with van der Waals surface area (Å²) in [6.07, 6.45) is 0.965. The van der Waals surface area contributed by atoms with Crippen molar-refractivity contribution in [3.05, 3.63) is 0 Å². The number of hydrogen-bond acceptors (Lipinski definition) is 1. The van der Waals surface area contributed by atoms with Gasteiger partial charge in [-0.05, 0) is 24.9 Å². The summed E-state index contributed by atoms with van der Waals surface area (Å²) in [6, 6.07) is 0. The number of amides is 1. The molecule has 0 heterocycles. The van der Waals surface area contributed by atoms with Gasteiger partial charge in [-0.3, -0.25) is 4.79 Å². The molecule has 0 aliphatic carbocycles. The maximum absolute atomic E-state index is 10.5. The third-order valence-electron chi connectivity index (χ3n) is 1.12. The Bertz CT molecular complexity index is 95.1. The molecular formula is C6H12ClNO. The lowest BCUT2D eigenvalue weighted by Crippen LogP contribution is -2.26.